The van der Waals surface area contributed by atoms with Crippen LogP contribution in [-0.2, 0) is 24.3 Å². The maximum atomic E-state index is 11.6. The van der Waals surface area contributed by atoms with E-state index in [4.69, 9.17) is 33.9 Å². The smallest absolute Gasteiger partial charge is 0.251 e. The zero-order chi connectivity index (χ0) is 24.8. The van der Waals surface area contributed by atoms with Gasteiger partial charge in [-0.15, -0.1) is 6.58 Å². The summed E-state index contributed by atoms with van der Waals surface area (Å²) in [6, 6.07) is 4.51. The maximum Gasteiger partial charge on any atom is 0.251 e. The molecule has 2 aromatic heterocycles. The van der Waals surface area contributed by atoms with E-state index in [1.165, 1.54) is 11.3 Å². The van der Waals surface area contributed by atoms with E-state index in [1.54, 1.807) is 6.20 Å². The first-order valence-corrected chi connectivity index (χ1v) is 12.8. The Hall–Kier alpha value is -2.61. The number of amides is 1. The highest BCUT2D eigenvalue weighted by atomic mass is 35.5. The summed E-state index contributed by atoms with van der Waals surface area (Å²) in [5.74, 6) is 0.442. The van der Waals surface area contributed by atoms with Gasteiger partial charge >= 0.3 is 0 Å². The quantitative estimate of drug-likeness (QED) is 0.352. The van der Waals surface area contributed by atoms with Gasteiger partial charge in [-0.3, -0.25) is 14.7 Å². The van der Waals surface area contributed by atoms with Crippen molar-refractivity contribution in [3.8, 4) is 0 Å². The van der Waals surface area contributed by atoms with Gasteiger partial charge in [0.2, 0.25) is 0 Å². The molecule has 35 heavy (non-hydrogen) atoms. The maximum absolute atomic E-state index is 11.6. The molecule has 1 aliphatic carbocycles. The molecule has 1 amide bonds. The Morgan fingerprint density at radius 3 is 2.91 bits per heavy atom. The number of primary amides is 1. The van der Waals surface area contributed by atoms with Crippen LogP contribution in [0.15, 0.2) is 65.2 Å². The van der Waals surface area contributed by atoms with Crippen LogP contribution in [0.25, 0.3) is 0 Å². The summed E-state index contributed by atoms with van der Waals surface area (Å²) in [4.78, 5) is 25.5. The zero-order valence-electron chi connectivity index (χ0n) is 19.9. The monoisotopic (exact) mass is 514 g/mol. The minimum Gasteiger partial charge on any atom is -0.371 e. The van der Waals surface area contributed by atoms with Crippen molar-refractivity contribution in [1.82, 2.24) is 24.3 Å². The van der Waals surface area contributed by atoms with E-state index in [9.17, 15) is 4.79 Å². The van der Waals surface area contributed by atoms with Crippen molar-refractivity contribution in [3.63, 3.8) is 0 Å². The van der Waals surface area contributed by atoms with Crippen molar-refractivity contribution in [1.29, 1.82) is 0 Å². The molecule has 2 N–H and O–H groups in total. The standard InChI is InChI=1S/C26H32Cl2N6O/c1-2-12-33-15-11-30-23(33)18-34(22-9-5-7-19-8-6-10-31-25(19)22)14-4-3-13-32-16-20(27)24(26(29)35)21(28)17-32/h2,6,8,10-11,15-16,22H,1,3-5,7,9,12-14,17-18H2,(H2,29,35)/t22-/m0/s1. The Labute approximate surface area is 216 Å². The highest BCUT2D eigenvalue weighted by Gasteiger charge is 2.28. The van der Waals surface area contributed by atoms with E-state index in [-0.39, 0.29) is 11.6 Å². The number of halogens is 2. The van der Waals surface area contributed by atoms with Crippen molar-refractivity contribution in [2.24, 2.45) is 5.73 Å². The highest BCUT2D eigenvalue weighted by molar-refractivity contribution is 6.40. The summed E-state index contributed by atoms with van der Waals surface area (Å²) in [5.41, 5.74) is 8.15. The van der Waals surface area contributed by atoms with Crippen LogP contribution in [-0.4, -0.2) is 49.9 Å². The Balaban J connectivity index is 1.43. The fraction of sp³-hybridized carbons (Fsp3) is 0.423. The minimum atomic E-state index is -0.595. The molecule has 4 rings (SSSR count). The third-order valence-electron chi connectivity index (χ3n) is 6.61. The topological polar surface area (TPSA) is 80.3 Å². The van der Waals surface area contributed by atoms with Crippen LogP contribution < -0.4 is 5.73 Å². The molecular formula is C26H32Cl2N6O. The van der Waals surface area contributed by atoms with Crippen LogP contribution in [0, 0.1) is 0 Å². The molecule has 2 aliphatic rings. The molecule has 1 aliphatic heterocycles. The molecule has 0 fully saturated rings. The predicted octanol–water partition coefficient (Wildman–Crippen LogP) is 4.50. The summed E-state index contributed by atoms with van der Waals surface area (Å²) >= 11 is 12.5. The molecule has 3 heterocycles. The fourth-order valence-electron chi connectivity index (χ4n) is 4.95. The summed E-state index contributed by atoms with van der Waals surface area (Å²) in [6.07, 6.45) is 14.7. The van der Waals surface area contributed by atoms with Crippen molar-refractivity contribution >= 4 is 29.1 Å². The molecule has 2 aromatic rings. The van der Waals surface area contributed by atoms with Crippen LogP contribution in [0.5, 0.6) is 0 Å². The van der Waals surface area contributed by atoms with E-state index in [0.29, 0.717) is 16.6 Å². The lowest BCUT2D eigenvalue weighted by Crippen LogP contribution is -2.34. The van der Waals surface area contributed by atoms with Crippen molar-refractivity contribution in [3.05, 3.63) is 82.3 Å². The van der Waals surface area contributed by atoms with Gasteiger partial charge in [0.15, 0.2) is 0 Å². The van der Waals surface area contributed by atoms with Crippen molar-refractivity contribution in [2.45, 2.75) is 51.2 Å². The number of carbonyl (C=O) groups is 1. The molecule has 7 nitrogen and oxygen atoms in total. The molecule has 0 bridgehead atoms. The lowest BCUT2D eigenvalue weighted by Gasteiger charge is -2.35. The van der Waals surface area contributed by atoms with E-state index in [2.05, 4.69) is 27.1 Å². The average molecular weight is 515 g/mol. The van der Waals surface area contributed by atoms with Crippen molar-refractivity contribution in [2.75, 3.05) is 19.6 Å². The molecular weight excluding hydrogens is 483 g/mol. The Morgan fingerprint density at radius 2 is 2.14 bits per heavy atom. The highest BCUT2D eigenvalue weighted by Crippen LogP contribution is 2.34. The molecule has 0 saturated heterocycles. The van der Waals surface area contributed by atoms with E-state index in [1.807, 2.05) is 35.6 Å². The molecule has 0 saturated carbocycles. The van der Waals surface area contributed by atoms with Gasteiger partial charge in [0, 0.05) is 37.9 Å². The number of fused-ring (bicyclic) bond motifs is 1. The second kappa shape index (κ2) is 11.9. The van der Waals surface area contributed by atoms with Crippen LogP contribution in [0.3, 0.4) is 0 Å². The van der Waals surface area contributed by atoms with Gasteiger partial charge in [-0.2, -0.15) is 0 Å². The van der Waals surface area contributed by atoms with Gasteiger partial charge in [0.25, 0.3) is 5.91 Å². The summed E-state index contributed by atoms with van der Waals surface area (Å²) < 4.78 is 2.15. The molecule has 9 heteroatoms. The number of aryl methyl sites for hydroxylation is 1. The molecule has 0 unspecified atom stereocenters. The first-order valence-electron chi connectivity index (χ1n) is 12.1. The van der Waals surface area contributed by atoms with Crippen LogP contribution in [0.4, 0.5) is 0 Å². The van der Waals surface area contributed by atoms with Gasteiger partial charge in [0.05, 0.1) is 40.5 Å². The third-order valence-corrected chi connectivity index (χ3v) is 7.21. The second-order valence-corrected chi connectivity index (χ2v) is 9.87. The normalized spacial score (nSPS) is 18.0. The number of imidazole rings is 1. The summed E-state index contributed by atoms with van der Waals surface area (Å²) in [6.45, 7) is 7.53. The first-order chi connectivity index (χ1) is 17.0. The number of carbonyl (C=O) groups excluding carboxylic acids is 1. The van der Waals surface area contributed by atoms with Gasteiger partial charge in [-0.1, -0.05) is 35.3 Å². The van der Waals surface area contributed by atoms with Gasteiger partial charge in [-0.25, -0.2) is 4.98 Å². The SMILES string of the molecule is C=CCn1ccnc1CN(CCCCN1C=C(Cl)C(C(N)=O)=C(Cl)C1)[C@H]1CCCc2cccnc21. The van der Waals surface area contributed by atoms with E-state index < -0.39 is 5.91 Å². The summed E-state index contributed by atoms with van der Waals surface area (Å²) in [7, 11) is 0. The number of hydrogen-bond acceptors (Lipinski definition) is 5. The lowest BCUT2D eigenvalue weighted by molar-refractivity contribution is -0.114. The lowest BCUT2D eigenvalue weighted by atomic mass is 9.90. The minimum absolute atomic E-state index is 0.217. The Bertz CT molecular complexity index is 1120. The largest absolute Gasteiger partial charge is 0.371 e. The fourth-order valence-corrected chi connectivity index (χ4v) is 5.69. The Kier molecular flexibility index (Phi) is 8.65. The molecule has 0 radical (unpaired) electrons. The molecule has 0 spiro atoms. The molecule has 1 atom stereocenters. The molecule has 186 valence electrons. The number of nitrogens with zero attached hydrogens (tertiary/aromatic N) is 5. The van der Waals surface area contributed by atoms with Gasteiger partial charge in [0.1, 0.15) is 5.82 Å². The van der Waals surface area contributed by atoms with Crippen LogP contribution >= 0.6 is 23.2 Å². The number of unbranched alkanes of at least 4 members (excludes halogenated alkanes) is 1. The number of allylic oxidation sites excluding steroid dienone is 1. The Morgan fingerprint density at radius 1 is 1.29 bits per heavy atom. The average Bonchev–Trinajstić information content (AvgIpc) is 3.27. The number of pyridine rings is 1. The number of rotatable bonds is 11. The second-order valence-electron chi connectivity index (χ2n) is 9.01. The predicted molar refractivity (Wildman–Crippen MR) is 140 cm³/mol. The van der Waals surface area contributed by atoms with Crippen LogP contribution in [0.1, 0.15) is 48.8 Å². The molecule has 0 aromatic carbocycles. The van der Waals surface area contributed by atoms with E-state index >= 15 is 0 Å². The van der Waals surface area contributed by atoms with Crippen LogP contribution in [0.2, 0.25) is 0 Å². The van der Waals surface area contributed by atoms with Gasteiger partial charge < -0.3 is 15.2 Å². The number of aromatic nitrogens is 3. The third kappa shape index (κ3) is 6.15. The van der Waals surface area contributed by atoms with E-state index in [0.717, 1.165) is 64.1 Å². The number of nitrogens with two attached hydrogens (primary N) is 1. The summed E-state index contributed by atoms with van der Waals surface area (Å²) in [5, 5.41) is 0.694. The number of hydrogen-bond donors (Lipinski definition) is 1. The van der Waals surface area contributed by atoms with Crippen molar-refractivity contribution < 1.29 is 4.79 Å². The zero-order valence-corrected chi connectivity index (χ0v) is 21.4. The first kappa shape index (κ1) is 25.5. The van der Waals surface area contributed by atoms with Gasteiger partial charge in [-0.05, 0) is 50.3 Å².